The summed E-state index contributed by atoms with van der Waals surface area (Å²) >= 11 is 0. The third-order valence-corrected chi connectivity index (χ3v) is 1.40. The normalized spacial score (nSPS) is 14.5. The summed E-state index contributed by atoms with van der Waals surface area (Å²) in [6.45, 7) is 0.964. The molecule has 0 spiro atoms. The second kappa shape index (κ2) is 5.50. The van der Waals surface area contributed by atoms with Crippen molar-refractivity contribution in [3.8, 4) is 0 Å². The Hall–Kier alpha value is -1.14. The van der Waals surface area contributed by atoms with Gasteiger partial charge in [0.2, 0.25) is 5.91 Å². The van der Waals surface area contributed by atoms with Gasteiger partial charge in [-0.15, -0.1) is 0 Å². The molecule has 0 bridgehead atoms. The van der Waals surface area contributed by atoms with Crippen LogP contribution >= 0.6 is 0 Å². The highest BCUT2D eigenvalue weighted by Crippen LogP contribution is 1.87. The average molecular weight is 190 g/mol. The third-order valence-electron chi connectivity index (χ3n) is 1.40. The van der Waals surface area contributed by atoms with Gasteiger partial charge >= 0.3 is 5.97 Å². The molecule has 13 heavy (non-hydrogen) atoms. The van der Waals surface area contributed by atoms with Gasteiger partial charge in [0.25, 0.3) is 0 Å². The molecule has 76 valence electrons. The topological polar surface area (TPSA) is 102 Å². The third kappa shape index (κ3) is 3.86. The number of amides is 1. The second-order valence-electron chi connectivity index (χ2n) is 2.56. The van der Waals surface area contributed by atoms with Gasteiger partial charge < -0.3 is 20.9 Å². The standard InChI is InChI=1S/C7H14N2O4/c1-4(8)6(11)9-5(3-10)7(12)13-2/h4-5,10H,3,8H2,1-2H3,(H,9,11)/t4-,5-/m0/s1. The summed E-state index contributed by atoms with van der Waals surface area (Å²) in [7, 11) is 1.17. The fraction of sp³-hybridized carbons (Fsp3) is 0.714. The van der Waals surface area contributed by atoms with Crippen LogP contribution in [0.4, 0.5) is 0 Å². The molecule has 0 fully saturated rings. The average Bonchev–Trinajstić information content (AvgIpc) is 2.12. The fourth-order valence-corrected chi connectivity index (χ4v) is 0.625. The smallest absolute Gasteiger partial charge is 0.330 e. The van der Waals surface area contributed by atoms with Crippen LogP contribution in [0.5, 0.6) is 0 Å². The molecule has 0 aliphatic carbocycles. The quantitative estimate of drug-likeness (QED) is 0.444. The molecule has 2 atom stereocenters. The van der Waals surface area contributed by atoms with Crippen molar-refractivity contribution in [2.75, 3.05) is 13.7 Å². The zero-order valence-electron chi connectivity index (χ0n) is 7.61. The molecule has 0 heterocycles. The first-order valence-electron chi connectivity index (χ1n) is 3.77. The molecule has 6 heteroatoms. The SMILES string of the molecule is COC(=O)[C@H](CO)NC(=O)[C@H](C)N. The Morgan fingerprint density at radius 1 is 1.62 bits per heavy atom. The van der Waals surface area contributed by atoms with E-state index in [2.05, 4.69) is 10.1 Å². The monoisotopic (exact) mass is 190 g/mol. The molecule has 0 unspecified atom stereocenters. The predicted molar refractivity (Wildman–Crippen MR) is 44.7 cm³/mol. The molecule has 0 radical (unpaired) electrons. The molecular formula is C7H14N2O4. The van der Waals surface area contributed by atoms with Gasteiger partial charge in [0.15, 0.2) is 6.04 Å². The number of rotatable bonds is 4. The van der Waals surface area contributed by atoms with Crippen molar-refractivity contribution >= 4 is 11.9 Å². The van der Waals surface area contributed by atoms with Crippen molar-refractivity contribution in [2.24, 2.45) is 5.73 Å². The van der Waals surface area contributed by atoms with Crippen LogP contribution in [-0.2, 0) is 14.3 Å². The number of carbonyl (C=O) groups excluding carboxylic acids is 2. The van der Waals surface area contributed by atoms with E-state index in [9.17, 15) is 9.59 Å². The Morgan fingerprint density at radius 3 is 2.46 bits per heavy atom. The summed E-state index contributed by atoms with van der Waals surface area (Å²) in [5.74, 6) is -1.21. The Labute approximate surface area is 76.0 Å². The van der Waals surface area contributed by atoms with Crippen molar-refractivity contribution in [1.29, 1.82) is 0 Å². The van der Waals surface area contributed by atoms with Crippen LogP contribution in [-0.4, -0.2) is 42.8 Å². The van der Waals surface area contributed by atoms with Crippen LogP contribution in [0.25, 0.3) is 0 Å². The van der Waals surface area contributed by atoms with Crippen molar-refractivity contribution in [3.63, 3.8) is 0 Å². The number of ether oxygens (including phenoxy) is 1. The number of carbonyl (C=O) groups is 2. The number of hydrogen-bond donors (Lipinski definition) is 3. The van der Waals surface area contributed by atoms with E-state index in [0.29, 0.717) is 0 Å². The molecule has 0 aromatic rings. The highest BCUT2D eigenvalue weighted by atomic mass is 16.5. The first kappa shape index (κ1) is 11.9. The maximum Gasteiger partial charge on any atom is 0.330 e. The highest BCUT2D eigenvalue weighted by Gasteiger charge is 2.21. The van der Waals surface area contributed by atoms with Gasteiger partial charge in [-0.3, -0.25) is 4.79 Å². The van der Waals surface area contributed by atoms with Crippen LogP contribution in [0.15, 0.2) is 0 Å². The minimum Gasteiger partial charge on any atom is -0.467 e. The minimum absolute atomic E-state index is 0.509. The van der Waals surface area contributed by atoms with E-state index in [4.69, 9.17) is 10.8 Å². The molecule has 6 nitrogen and oxygen atoms in total. The van der Waals surface area contributed by atoms with Crippen molar-refractivity contribution in [2.45, 2.75) is 19.0 Å². The number of methoxy groups -OCH3 is 1. The second-order valence-corrected chi connectivity index (χ2v) is 2.56. The molecule has 0 aliphatic rings. The largest absolute Gasteiger partial charge is 0.467 e. The lowest BCUT2D eigenvalue weighted by molar-refractivity contribution is -0.146. The van der Waals surface area contributed by atoms with E-state index in [-0.39, 0.29) is 0 Å². The minimum atomic E-state index is -1.04. The molecule has 4 N–H and O–H groups in total. The molecule has 0 rings (SSSR count). The van der Waals surface area contributed by atoms with Gasteiger partial charge in [-0.1, -0.05) is 0 Å². The summed E-state index contributed by atoms with van der Waals surface area (Å²) in [5.41, 5.74) is 5.23. The fourth-order valence-electron chi connectivity index (χ4n) is 0.625. The van der Waals surface area contributed by atoms with Crippen LogP contribution in [0.2, 0.25) is 0 Å². The van der Waals surface area contributed by atoms with Crippen LogP contribution < -0.4 is 11.1 Å². The summed E-state index contributed by atoms with van der Waals surface area (Å²) in [4.78, 5) is 21.8. The summed E-state index contributed by atoms with van der Waals surface area (Å²) in [6.07, 6.45) is 0. The van der Waals surface area contributed by atoms with E-state index in [1.54, 1.807) is 0 Å². The van der Waals surface area contributed by atoms with E-state index < -0.39 is 30.6 Å². The van der Waals surface area contributed by atoms with Gasteiger partial charge in [-0.25, -0.2) is 4.79 Å². The predicted octanol–water partition coefficient (Wildman–Crippen LogP) is -2.02. The Bertz CT molecular complexity index is 193. The van der Waals surface area contributed by atoms with Gasteiger partial charge in [0.05, 0.1) is 19.8 Å². The molecule has 0 saturated heterocycles. The van der Waals surface area contributed by atoms with E-state index in [1.807, 2.05) is 0 Å². The van der Waals surface area contributed by atoms with Gasteiger partial charge in [0, 0.05) is 0 Å². The number of aliphatic hydroxyl groups excluding tert-OH is 1. The lowest BCUT2D eigenvalue weighted by atomic mass is 10.2. The van der Waals surface area contributed by atoms with E-state index in [1.165, 1.54) is 14.0 Å². The number of nitrogens with one attached hydrogen (secondary N) is 1. The van der Waals surface area contributed by atoms with Crippen LogP contribution in [0.1, 0.15) is 6.92 Å². The zero-order chi connectivity index (χ0) is 10.4. The molecule has 0 aromatic carbocycles. The first-order chi connectivity index (χ1) is 6.02. The zero-order valence-corrected chi connectivity index (χ0v) is 7.61. The van der Waals surface area contributed by atoms with Crippen LogP contribution in [0, 0.1) is 0 Å². The van der Waals surface area contributed by atoms with Crippen LogP contribution in [0.3, 0.4) is 0 Å². The van der Waals surface area contributed by atoms with Crippen molar-refractivity contribution in [3.05, 3.63) is 0 Å². The lowest BCUT2D eigenvalue weighted by Crippen LogP contribution is -2.49. The molecule has 0 aromatic heterocycles. The maximum atomic E-state index is 11.0. The van der Waals surface area contributed by atoms with Crippen molar-refractivity contribution < 1.29 is 19.4 Å². The Morgan fingerprint density at radius 2 is 2.15 bits per heavy atom. The van der Waals surface area contributed by atoms with E-state index >= 15 is 0 Å². The van der Waals surface area contributed by atoms with Gasteiger partial charge in [-0.2, -0.15) is 0 Å². The summed E-state index contributed by atoms with van der Waals surface area (Å²) < 4.78 is 4.33. The number of esters is 1. The number of nitrogens with two attached hydrogens (primary N) is 1. The van der Waals surface area contributed by atoms with Gasteiger partial charge in [-0.05, 0) is 6.92 Å². The Kier molecular flexibility index (Phi) is 5.01. The maximum absolute atomic E-state index is 11.0. The summed E-state index contributed by atoms with van der Waals surface area (Å²) in [5, 5.41) is 10.9. The molecule has 1 amide bonds. The molecule has 0 aliphatic heterocycles. The Balaban J connectivity index is 4.13. The first-order valence-corrected chi connectivity index (χ1v) is 3.77. The highest BCUT2D eigenvalue weighted by molar-refractivity contribution is 5.87. The molecule has 0 saturated carbocycles. The lowest BCUT2D eigenvalue weighted by Gasteiger charge is -2.14. The number of aliphatic hydroxyl groups is 1. The summed E-state index contributed by atoms with van der Waals surface area (Å²) in [6, 6.07) is -1.76. The van der Waals surface area contributed by atoms with E-state index in [0.717, 1.165) is 0 Å². The van der Waals surface area contributed by atoms with Crippen molar-refractivity contribution in [1.82, 2.24) is 5.32 Å². The molecular weight excluding hydrogens is 176 g/mol. The van der Waals surface area contributed by atoms with Gasteiger partial charge in [0.1, 0.15) is 0 Å². The number of hydrogen-bond acceptors (Lipinski definition) is 5.